The molecular weight excluding hydrogens is 367 g/mol. The second kappa shape index (κ2) is 6.60. The molecule has 0 aliphatic rings. The van der Waals surface area contributed by atoms with Crippen molar-refractivity contribution < 1.29 is 9.18 Å². The predicted octanol–water partition coefficient (Wildman–Crippen LogP) is 4.91. The molecule has 3 heterocycles. The third kappa shape index (κ3) is 2.95. The Morgan fingerprint density at radius 2 is 1.83 bits per heavy atom. The van der Waals surface area contributed by atoms with E-state index in [-0.39, 0.29) is 11.7 Å². The fourth-order valence-electron chi connectivity index (χ4n) is 3.64. The first kappa shape index (κ1) is 17.2. The van der Waals surface area contributed by atoms with E-state index in [1.807, 2.05) is 60.3 Å². The summed E-state index contributed by atoms with van der Waals surface area (Å²) in [6, 6.07) is 19.4. The summed E-state index contributed by atoms with van der Waals surface area (Å²) in [6.07, 6.45) is 3.64. The maximum Gasteiger partial charge on any atom is 0.272 e. The van der Waals surface area contributed by atoms with E-state index in [9.17, 15) is 9.18 Å². The minimum atomic E-state index is -0.350. The number of hydrogen-bond acceptors (Lipinski definition) is 2. The van der Waals surface area contributed by atoms with Crippen molar-refractivity contribution in [2.75, 3.05) is 5.32 Å². The Balaban J connectivity index is 1.60. The van der Waals surface area contributed by atoms with E-state index in [1.165, 1.54) is 12.1 Å². The summed E-state index contributed by atoms with van der Waals surface area (Å²) in [6.45, 7) is 0. The molecular formula is C23H17FN4O. The van der Waals surface area contributed by atoms with Gasteiger partial charge in [0.05, 0.1) is 5.52 Å². The predicted molar refractivity (Wildman–Crippen MR) is 112 cm³/mol. The van der Waals surface area contributed by atoms with Crippen LogP contribution < -0.4 is 5.32 Å². The topological polar surface area (TPSA) is 51.9 Å². The van der Waals surface area contributed by atoms with E-state index in [0.717, 1.165) is 10.9 Å². The third-order valence-corrected chi connectivity index (χ3v) is 5.02. The molecule has 0 radical (unpaired) electrons. The second-order valence-corrected chi connectivity index (χ2v) is 6.91. The van der Waals surface area contributed by atoms with Gasteiger partial charge in [0.2, 0.25) is 0 Å². The molecule has 2 aromatic carbocycles. The third-order valence-electron chi connectivity index (χ3n) is 5.02. The van der Waals surface area contributed by atoms with Crippen LogP contribution in [0.2, 0.25) is 0 Å². The van der Waals surface area contributed by atoms with Gasteiger partial charge in [0, 0.05) is 41.4 Å². The van der Waals surface area contributed by atoms with Gasteiger partial charge < -0.3 is 9.88 Å². The van der Waals surface area contributed by atoms with E-state index in [1.54, 1.807) is 22.9 Å². The number of hydrogen-bond donors (Lipinski definition) is 1. The Morgan fingerprint density at radius 3 is 2.66 bits per heavy atom. The van der Waals surface area contributed by atoms with Crippen LogP contribution in [0.15, 0.2) is 79.1 Å². The van der Waals surface area contributed by atoms with Crippen LogP contribution in [-0.2, 0) is 7.05 Å². The summed E-state index contributed by atoms with van der Waals surface area (Å²) in [5.74, 6) is -0.0440. The number of carbonyl (C=O) groups excluding carboxylic acids is 1. The molecule has 5 aromatic rings. The van der Waals surface area contributed by atoms with Crippen LogP contribution in [0, 0.1) is 5.82 Å². The molecule has 0 saturated heterocycles. The Kier molecular flexibility index (Phi) is 3.91. The number of carbonyl (C=O) groups is 1. The van der Waals surface area contributed by atoms with Gasteiger partial charge in [0.15, 0.2) is 0 Å². The van der Waals surface area contributed by atoms with E-state index >= 15 is 0 Å². The van der Waals surface area contributed by atoms with Crippen LogP contribution in [0.4, 0.5) is 10.1 Å². The Labute approximate surface area is 166 Å². The van der Waals surface area contributed by atoms with Gasteiger partial charge in [-0.1, -0.05) is 6.07 Å². The van der Waals surface area contributed by atoms with Gasteiger partial charge in [-0.2, -0.15) is 0 Å². The van der Waals surface area contributed by atoms with E-state index in [0.29, 0.717) is 28.1 Å². The van der Waals surface area contributed by atoms with E-state index in [4.69, 9.17) is 0 Å². The number of benzene rings is 2. The maximum atomic E-state index is 13.8. The van der Waals surface area contributed by atoms with Crippen molar-refractivity contribution in [3.8, 4) is 5.82 Å². The van der Waals surface area contributed by atoms with E-state index in [2.05, 4.69) is 10.3 Å². The van der Waals surface area contributed by atoms with Crippen molar-refractivity contribution in [2.24, 2.45) is 7.05 Å². The van der Waals surface area contributed by atoms with Crippen LogP contribution in [0.25, 0.3) is 27.6 Å². The smallest absolute Gasteiger partial charge is 0.272 e. The number of rotatable bonds is 3. The van der Waals surface area contributed by atoms with Crippen LogP contribution in [-0.4, -0.2) is 20.0 Å². The zero-order chi connectivity index (χ0) is 20.0. The van der Waals surface area contributed by atoms with Crippen molar-refractivity contribution in [1.29, 1.82) is 0 Å². The van der Waals surface area contributed by atoms with Gasteiger partial charge >= 0.3 is 0 Å². The molecule has 1 N–H and O–H groups in total. The van der Waals surface area contributed by atoms with Crippen molar-refractivity contribution >= 4 is 33.4 Å². The number of nitrogens with one attached hydrogen (secondary N) is 1. The van der Waals surface area contributed by atoms with Gasteiger partial charge in [0.1, 0.15) is 17.3 Å². The number of nitrogens with zero attached hydrogens (tertiary/aromatic N) is 3. The minimum Gasteiger partial charge on any atom is -0.351 e. The normalized spacial score (nSPS) is 11.2. The standard InChI is InChI=1S/C23H17FN4O/c1-27-11-9-15-13-18(6-8-19(15)27)26-23(29)21-14-16-12-17(24)5-7-20(16)28(21)22-4-2-3-10-25-22/h2-14H,1H3,(H,26,29). The Morgan fingerprint density at radius 1 is 0.966 bits per heavy atom. The summed E-state index contributed by atoms with van der Waals surface area (Å²) in [5, 5.41) is 4.63. The summed E-state index contributed by atoms with van der Waals surface area (Å²) in [4.78, 5) is 17.5. The molecule has 1 amide bonds. The molecule has 0 aliphatic carbocycles. The summed E-state index contributed by atoms with van der Waals surface area (Å²) >= 11 is 0. The average Bonchev–Trinajstić information content (AvgIpc) is 3.29. The Bertz CT molecular complexity index is 1370. The first-order chi connectivity index (χ1) is 14.1. The molecule has 142 valence electrons. The maximum absolute atomic E-state index is 13.8. The Hall–Kier alpha value is -3.93. The molecule has 29 heavy (non-hydrogen) atoms. The highest BCUT2D eigenvalue weighted by atomic mass is 19.1. The first-order valence-corrected chi connectivity index (χ1v) is 9.19. The minimum absolute atomic E-state index is 0.289. The number of halogens is 1. The number of amides is 1. The SMILES string of the molecule is Cn1ccc2cc(NC(=O)c3cc4cc(F)ccc4n3-c3ccccn3)ccc21. The number of fused-ring (bicyclic) bond motifs is 2. The van der Waals surface area contributed by atoms with Crippen LogP contribution in [0.5, 0.6) is 0 Å². The highest BCUT2D eigenvalue weighted by Gasteiger charge is 2.18. The average molecular weight is 384 g/mol. The molecule has 0 fully saturated rings. The fraction of sp³-hybridized carbons (Fsp3) is 0.0435. The van der Waals surface area contributed by atoms with Gasteiger partial charge in [-0.3, -0.25) is 9.36 Å². The zero-order valence-electron chi connectivity index (χ0n) is 15.6. The molecule has 5 nitrogen and oxygen atoms in total. The van der Waals surface area contributed by atoms with Crippen LogP contribution in [0.3, 0.4) is 0 Å². The summed E-state index contributed by atoms with van der Waals surface area (Å²) in [7, 11) is 1.98. The summed E-state index contributed by atoms with van der Waals surface area (Å²) < 4.78 is 17.5. The molecule has 0 aliphatic heterocycles. The number of aromatic nitrogens is 3. The lowest BCUT2D eigenvalue weighted by Gasteiger charge is -2.11. The first-order valence-electron chi connectivity index (χ1n) is 9.19. The molecule has 0 bridgehead atoms. The zero-order valence-corrected chi connectivity index (χ0v) is 15.6. The van der Waals surface area contributed by atoms with Gasteiger partial charge in [-0.15, -0.1) is 0 Å². The van der Waals surface area contributed by atoms with Crippen molar-refractivity contribution in [2.45, 2.75) is 0 Å². The molecule has 6 heteroatoms. The quantitative estimate of drug-likeness (QED) is 0.481. The van der Waals surface area contributed by atoms with E-state index < -0.39 is 0 Å². The monoisotopic (exact) mass is 384 g/mol. The number of pyridine rings is 1. The van der Waals surface area contributed by atoms with Crippen molar-refractivity contribution in [1.82, 2.24) is 14.1 Å². The molecule has 3 aromatic heterocycles. The number of anilines is 1. The largest absolute Gasteiger partial charge is 0.351 e. The highest BCUT2D eigenvalue weighted by Crippen LogP contribution is 2.26. The summed E-state index contributed by atoms with van der Waals surface area (Å²) in [5.41, 5.74) is 2.88. The highest BCUT2D eigenvalue weighted by molar-refractivity contribution is 6.07. The van der Waals surface area contributed by atoms with Crippen molar-refractivity contribution in [3.05, 3.63) is 90.6 Å². The lowest BCUT2D eigenvalue weighted by Crippen LogP contribution is -2.16. The molecule has 0 unspecified atom stereocenters. The fourth-order valence-corrected chi connectivity index (χ4v) is 3.64. The van der Waals surface area contributed by atoms with Crippen molar-refractivity contribution in [3.63, 3.8) is 0 Å². The molecule has 0 spiro atoms. The van der Waals surface area contributed by atoms with Gasteiger partial charge in [0.25, 0.3) is 5.91 Å². The lowest BCUT2D eigenvalue weighted by molar-refractivity contribution is 0.102. The molecule has 5 rings (SSSR count). The van der Waals surface area contributed by atoms with Gasteiger partial charge in [-0.05, 0) is 60.7 Å². The molecule has 0 atom stereocenters. The van der Waals surface area contributed by atoms with Crippen LogP contribution >= 0.6 is 0 Å². The van der Waals surface area contributed by atoms with Gasteiger partial charge in [-0.25, -0.2) is 9.37 Å². The lowest BCUT2D eigenvalue weighted by atomic mass is 10.2. The number of aryl methyl sites for hydroxylation is 1. The second-order valence-electron chi connectivity index (χ2n) is 6.91. The molecule has 0 saturated carbocycles. The van der Waals surface area contributed by atoms with Crippen LogP contribution in [0.1, 0.15) is 10.5 Å².